The summed E-state index contributed by atoms with van der Waals surface area (Å²) in [5, 5.41) is 6.71. The van der Waals surface area contributed by atoms with Crippen molar-refractivity contribution in [1.29, 1.82) is 0 Å². The van der Waals surface area contributed by atoms with Crippen molar-refractivity contribution in [2.75, 3.05) is 12.3 Å². The molecule has 1 aliphatic rings. The van der Waals surface area contributed by atoms with E-state index in [0.717, 1.165) is 30.1 Å². The molecule has 0 bridgehead atoms. The molecule has 1 saturated carbocycles. The van der Waals surface area contributed by atoms with Gasteiger partial charge in [0.05, 0.1) is 5.75 Å². The van der Waals surface area contributed by atoms with Crippen molar-refractivity contribution in [2.45, 2.75) is 63.6 Å². The standard InChI is InChI=1S/C22H30N4O2S/c1-4-23-20(28)22(8-6-5-7-9-22)25-19(27)15-29-21-24-10-11-26(21)18-13-16(2)12-17(3)14-18/h10-14H,4-9,15H2,1-3H3,(H,23,28)(H,25,27). The van der Waals surface area contributed by atoms with Crippen molar-refractivity contribution in [3.63, 3.8) is 0 Å². The summed E-state index contributed by atoms with van der Waals surface area (Å²) in [5.74, 6) is 0.0380. The number of carbonyl (C=O) groups is 2. The monoisotopic (exact) mass is 414 g/mol. The second-order valence-corrected chi connectivity index (χ2v) is 8.71. The summed E-state index contributed by atoms with van der Waals surface area (Å²) in [6, 6.07) is 6.33. The Bertz CT molecular complexity index is 851. The number of likely N-dealkylation sites (N-methyl/N-ethyl adjacent to an activating group) is 1. The average Bonchev–Trinajstić information content (AvgIpc) is 3.15. The smallest absolute Gasteiger partial charge is 0.245 e. The Balaban J connectivity index is 1.68. The van der Waals surface area contributed by atoms with E-state index in [9.17, 15) is 9.59 Å². The fourth-order valence-electron chi connectivity index (χ4n) is 4.01. The van der Waals surface area contributed by atoms with Crippen LogP contribution in [0.25, 0.3) is 5.69 Å². The zero-order valence-corrected chi connectivity index (χ0v) is 18.3. The van der Waals surface area contributed by atoms with E-state index in [1.165, 1.54) is 22.9 Å². The first-order chi connectivity index (χ1) is 13.9. The molecule has 1 heterocycles. The second-order valence-electron chi connectivity index (χ2n) is 7.76. The molecule has 0 unspecified atom stereocenters. The maximum absolute atomic E-state index is 12.7. The minimum absolute atomic E-state index is 0.0604. The van der Waals surface area contributed by atoms with Gasteiger partial charge in [0.25, 0.3) is 0 Å². The third-order valence-corrected chi connectivity index (χ3v) is 6.25. The number of rotatable bonds is 7. The summed E-state index contributed by atoms with van der Waals surface area (Å²) >= 11 is 1.39. The third-order valence-electron chi connectivity index (χ3n) is 5.28. The van der Waals surface area contributed by atoms with Gasteiger partial charge in [-0.05, 0) is 56.9 Å². The number of hydrogen-bond acceptors (Lipinski definition) is 4. The molecule has 1 aliphatic carbocycles. The van der Waals surface area contributed by atoms with Gasteiger partial charge in [0.1, 0.15) is 5.54 Å². The van der Waals surface area contributed by atoms with Gasteiger partial charge in [0.15, 0.2) is 5.16 Å². The Morgan fingerprint density at radius 1 is 1.14 bits per heavy atom. The summed E-state index contributed by atoms with van der Waals surface area (Å²) in [6.07, 6.45) is 8.09. The zero-order chi connectivity index (χ0) is 20.9. The number of benzene rings is 1. The molecule has 1 aromatic carbocycles. The summed E-state index contributed by atoms with van der Waals surface area (Å²) in [6.45, 7) is 6.61. The molecule has 0 spiro atoms. The highest BCUT2D eigenvalue weighted by Gasteiger charge is 2.40. The third kappa shape index (κ3) is 5.21. The van der Waals surface area contributed by atoms with Gasteiger partial charge >= 0.3 is 0 Å². The molecular weight excluding hydrogens is 384 g/mol. The predicted octanol–water partition coefficient (Wildman–Crippen LogP) is 3.54. The molecule has 0 radical (unpaired) electrons. The molecule has 0 aliphatic heterocycles. The van der Waals surface area contributed by atoms with Gasteiger partial charge in [-0.1, -0.05) is 37.1 Å². The van der Waals surface area contributed by atoms with Crippen LogP contribution >= 0.6 is 11.8 Å². The fraction of sp³-hybridized carbons (Fsp3) is 0.500. The Labute approximate surface area is 176 Å². The van der Waals surface area contributed by atoms with Crippen LogP contribution in [-0.2, 0) is 9.59 Å². The van der Waals surface area contributed by atoms with Crippen LogP contribution in [0.5, 0.6) is 0 Å². The van der Waals surface area contributed by atoms with E-state index in [2.05, 4.69) is 47.7 Å². The number of nitrogens with one attached hydrogen (secondary N) is 2. The first-order valence-electron chi connectivity index (χ1n) is 10.3. The van der Waals surface area contributed by atoms with Crippen molar-refractivity contribution >= 4 is 23.6 Å². The normalized spacial score (nSPS) is 15.7. The number of aryl methyl sites for hydroxylation is 2. The Morgan fingerprint density at radius 3 is 2.48 bits per heavy atom. The summed E-state index contributed by atoms with van der Waals surface area (Å²) < 4.78 is 2.00. The lowest BCUT2D eigenvalue weighted by Crippen LogP contribution is -2.60. The van der Waals surface area contributed by atoms with Gasteiger partial charge in [-0.2, -0.15) is 0 Å². The molecule has 0 atom stereocenters. The second kappa shape index (κ2) is 9.48. The minimum Gasteiger partial charge on any atom is -0.354 e. The van der Waals surface area contributed by atoms with Crippen LogP contribution in [0.15, 0.2) is 35.7 Å². The zero-order valence-electron chi connectivity index (χ0n) is 17.5. The molecule has 6 nitrogen and oxygen atoms in total. The highest BCUT2D eigenvalue weighted by Crippen LogP contribution is 2.29. The van der Waals surface area contributed by atoms with E-state index in [-0.39, 0.29) is 17.6 Å². The molecule has 2 N–H and O–H groups in total. The minimum atomic E-state index is -0.769. The number of nitrogens with zero attached hydrogens (tertiary/aromatic N) is 2. The lowest BCUT2D eigenvalue weighted by Gasteiger charge is -2.36. The van der Waals surface area contributed by atoms with Gasteiger partial charge in [-0.15, -0.1) is 0 Å². The van der Waals surface area contributed by atoms with Gasteiger partial charge in [0.2, 0.25) is 11.8 Å². The summed E-state index contributed by atoms with van der Waals surface area (Å²) in [7, 11) is 0. The summed E-state index contributed by atoms with van der Waals surface area (Å²) in [5.41, 5.74) is 2.63. The van der Waals surface area contributed by atoms with Crippen LogP contribution in [0.3, 0.4) is 0 Å². The molecule has 2 amide bonds. The van der Waals surface area contributed by atoms with Crippen molar-refractivity contribution in [2.24, 2.45) is 0 Å². The molecule has 0 saturated heterocycles. The lowest BCUT2D eigenvalue weighted by molar-refractivity contribution is -0.134. The van der Waals surface area contributed by atoms with Crippen LogP contribution in [0, 0.1) is 13.8 Å². The number of amides is 2. The van der Waals surface area contributed by atoms with Crippen LogP contribution in [0.2, 0.25) is 0 Å². The van der Waals surface area contributed by atoms with Gasteiger partial charge < -0.3 is 10.6 Å². The van der Waals surface area contributed by atoms with E-state index < -0.39 is 5.54 Å². The van der Waals surface area contributed by atoms with Crippen molar-refractivity contribution in [1.82, 2.24) is 20.2 Å². The molecule has 3 rings (SSSR count). The van der Waals surface area contributed by atoms with E-state index in [4.69, 9.17) is 0 Å². The largest absolute Gasteiger partial charge is 0.354 e. The van der Waals surface area contributed by atoms with Crippen molar-refractivity contribution < 1.29 is 9.59 Å². The Kier molecular flexibility index (Phi) is 7.00. The van der Waals surface area contributed by atoms with Gasteiger partial charge in [0, 0.05) is 24.6 Å². The van der Waals surface area contributed by atoms with Crippen LogP contribution < -0.4 is 10.6 Å². The van der Waals surface area contributed by atoms with E-state index in [0.29, 0.717) is 19.4 Å². The van der Waals surface area contributed by atoms with Crippen LogP contribution in [0.4, 0.5) is 0 Å². The Hall–Kier alpha value is -2.28. The quantitative estimate of drug-likeness (QED) is 0.680. The van der Waals surface area contributed by atoms with Crippen LogP contribution in [0.1, 0.15) is 50.2 Å². The average molecular weight is 415 g/mol. The number of aromatic nitrogens is 2. The van der Waals surface area contributed by atoms with E-state index in [1.807, 2.05) is 17.7 Å². The fourth-order valence-corrected chi connectivity index (χ4v) is 4.78. The molecule has 1 aromatic heterocycles. The lowest BCUT2D eigenvalue weighted by atomic mass is 9.80. The van der Waals surface area contributed by atoms with Crippen LogP contribution in [-0.4, -0.2) is 39.2 Å². The highest BCUT2D eigenvalue weighted by molar-refractivity contribution is 7.99. The van der Waals surface area contributed by atoms with E-state index >= 15 is 0 Å². The van der Waals surface area contributed by atoms with Crippen molar-refractivity contribution in [3.05, 3.63) is 41.7 Å². The molecule has 1 fully saturated rings. The highest BCUT2D eigenvalue weighted by atomic mass is 32.2. The summed E-state index contributed by atoms with van der Waals surface area (Å²) in [4.78, 5) is 29.8. The van der Waals surface area contributed by atoms with Gasteiger partial charge in [-0.3, -0.25) is 14.2 Å². The molecule has 7 heteroatoms. The SMILES string of the molecule is CCNC(=O)C1(NC(=O)CSc2nccn2-c2cc(C)cc(C)c2)CCCCC1. The first kappa shape index (κ1) is 21.4. The van der Waals surface area contributed by atoms with E-state index in [1.54, 1.807) is 6.20 Å². The number of carbonyl (C=O) groups excluding carboxylic acids is 2. The maximum atomic E-state index is 12.7. The van der Waals surface area contributed by atoms with Crippen molar-refractivity contribution in [3.8, 4) is 5.69 Å². The number of imidazole rings is 1. The molecular formula is C22H30N4O2S. The number of hydrogen-bond donors (Lipinski definition) is 2. The maximum Gasteiger partial charge on any atom is 0.245 e. The number of thioether (sulfide) groups is 1. The first-order valence-corrected chi connectivity index (χ1v) is 11.3. The predicted molar refractivity (Wildman–Crippen MR) is 116 cm³/mol. The Morgan fingerprint density at radius 2 is 1.83 bits per heavy atom. The molecule has 29 heavy (non-hydrogen) atoms. The van der Waals surface area contributed by atoms with Gasteiger partial charge in [-0.25, -0.2) is 4.98 Å². The topological polar surface area (TPSA) is 76.0 Å². The molecule has 156 valence electrons. The molecule has 2 aromatic rings.